The van der Waals surface area contributed by atoms with Crippen molar-refractivity contribution in [3.63, 3.8) is 0 Å². The van der Waals surface area contributed by atoms with Crippen LogP contribution < -0.4 is 4.90 Å². The van der Waals surface area contributed by atoms with Gasteiger partial charge in [0.25, 0.3) is 0 Å². The summed E-state index contributed by atoms with van der Waals surface area (Å²) in [7, 11) is 0. The van der Waals surface area contributed by atoms with E-state index in [0.29, 0.717) is 10.7 Å². The molecule has 0 saturated carbocycles. The smallest absolute Gasteiger partial charge is 0.396 e. The average Bonchev–Trinajstić information content (AvgIpc) is 3.11. The molecule has 144 valence electrons. The molecular weight excluding hydrogens is 381 g/mol. The molecule has 27 heavy (non-hydrogen) atoms. The third-order valence-electron chi connectivity index (χ3n) is 4.73. The molecule has 0 bridgehead atoms. The van der Waals surface area contributed by atoms with Crippen LogP contribution in [-0.4, -0.2) is 39.6 Å². The van der Waals surface area contributed by atoms with E-state index in [-0.39, 0.29) is 22.3 Å². The third kappa shape index (κ3) is 4.54. The van der Waals surface area contributed by atoms with Gasteiger partial charge < -0.3 is 10.0 Å². The summed E-state index contributed by atoms with van der Waals surface area (Å²) in [5, 5.41) is 13.1. The second kappa shape index (κ2) is 7.41. The first-order valence-corrected chi connectivity index (χ1v) is 8.73. The van der Waals surface area contributed by atoms with Gasteiger partial charge in [0.1, 0.15) is 5.15 Å². The Kier molecular flexibility index (Phi) is 5.36. The molecule has 0 aliphatic carbocycles. The van der Waals surface area contributed by atoms with Crippen LogP contribution in [0.2, 0.25) is 5.15 Å². The molecule has 0 radical (unpaired) electrons. The maximum absolute atomic E-state index is 12.6. The van der Waals surface area contributed by atoms with Crippen LogP contribution in [0.5, 0.6) is 0 Å². The van der Waals surface area contributed by atoms with Gasteiger partial charge >= 0.3 is 6.30 Å². The van der Waals surface area contributed by atoms with Gasteiger partial charge in [0, 0.05) is 38.2 Å². The molecule has 1 fully saturated rings. The predicted molar refractivity (Wildman–Crippen MR) is 95.4 cm³/mol. The molecule has 0 unspecified atom stereocenters. The number of rotatable bonds is 2. The van der Waals surface area contributed by atoms with E-state index in [0.717, 1.165) is 44.0 Å². The number of aromatic nitrogens is 3. The number of nitrogens with zero attached hydrogens (tertiary/aromatic N) is 4. The number of alkyl halides is 3. The number of halogens is 4. The number of piperidine rings is 1. The zero-order chi connectivity index (χ0) is 19.7. The highest BCUT2D eigenvalue weighted by atomic mass is 35.5. The maximum Gasteiger partial charge on any atom is 0.504 e. The Bertz CT molecular complexity index is 877. The molecule has 5 nitrogen and oxygen atoms in total. The van der Waals surface area contributed by atoms with E-state index in [4.69, 9.17) is 11.6 Å². The van der Waals surface area contributed by atoms with Gasteiger partial charge in [-0.25, -0.2) is 4.98 Å². The topological polar surface area (TPSA) is 54.2 Å². The monoisotopic (exact) mass is 398 g/mol. The second-order valence-electron chi connectivity index (χ2n) is 6.87. The van der Waals surface area contributed by atoms with Crippen molar-refractivity contribution in [1.29, 1.82) is 0 Å². The number of aliphatic hydroxyl groups excluding tert-OH is 1. The zero-order valence-corrected chi connectivity index (χ0v) is 15.3. The van der Waals surface area contributed by atoms with Crippen molar-refractivity contribution >= 4 is 17.3 Å². The number of anilines is 1. The van der Waals surface area contributed by atoms with Crippen LogP contribution in [0, 0.1) is 17.3 Å². The highest BCUT2D eigenvalue weighted by Crippen LogP contribution is 2.34. The minimum absolute atomic E-state index is 0.0849. The summed E-state index contributed by atoms with van der Waals surface area (Å²) in [6.45, 7) is 3.62. The molecule has 0 spiro atoms. The minimum Gasteiger partial charge on any atom is -0.396 e. The van der Waals surface area contributed by atoms with Crippen LogP contribution >= 0.6 is 11.6 Å². The summed E-state index contributed by atoms with van der Waals surface area (Å²) in [5.41, 5.74) is 1.41. The van der Waals surface area contributed by atoms with Crippen LogP contribution in [0.3, 0.4) is 0 Å². The lowest BCUT2D eigenvalue weighted by Crippen LogP contribution is -2.40. The summed E-state index contributed by atoms with van der Waals surface area (Å²) >= 11 is 6.03. The molecule has 1 N–H and O–H groups in total. The molecule has 3 rings (SSSR count). The summed E-state index contributed by atoms with van der Waals surface area (Å²) in [6.07, 6.45) is 0.475. The third-order valence-corrected chi connectivity index (χ3v) is 4.93. The van der Waals surface area contributed by atoms with Gasteiger partial charge in [-0.15, -0.1) is 13.2 Å². The second-order valence-corrected chi connectivity index (χ2v) is 7.26. The molecule has 0 atom stereocenters. The van der Waals surface area contributed by atoms with Gasteiger partial charge in [-0.05, 0) is 18.3 Å². The van der Waals surface area contributed by atoms with Crippen molar-refractivity contribution in [2.45, 2.75) is 26.1 Å². The molecule has 2 aromatic heterocycles. The van der Waals surface area contributed by atoms with E-state index in [1.165, 1.54) is 6.20 Å². The van der Waals surface area contributed by atoms with Crippen molar-refractivity contribution in [2.24, 2.45) is 5.41 Å². The normalized spacial score (nSPS) is 16.7. The van der Waals surface area contributed by atoms with E-state index >= 15 is 0 Å². The van der Waals surface area contributed by atoms with Crippen LogP contribution in [0.1, 0.15) is 30.9 Å². The van der Waals surface area contributed by atoms with Crippen LogP contribution in [0.25, 0.3) is 0 Å². The van der Waals surface area contributed by atoms with Crippen molar-refractivity contribution in [1.82, 2.24) is 14.8 Å². The zero-order valence-electron chi connectivity index (χ0n) is 14.6. The van der Waals surface area contributed by atoms with Crippen molar-refractivity contribution in [3.8, 4) is 11.8 Å². The quantitative estimate of drug-likeness (QED) is 0.622. The molecule has 1 saturated heterocycles. The fraction of sp³-hybridized carbons (Fsp3) is 0.444. The van der Waals surface area contributed by atoms with Gasteiger partial charge in [-0.2, -0.15) is 9.78 Å². The van der Waals surface area contributed by atoms with Gasteiger partial charge in [0.2, 0.25) is 0 Å². The Morgan fingerprint density at radius 2 is 1.96 bits per heavy atom. The standard InChI is InChI=1S/C18H18ClF3N4O/c1-17(12-27)4-6-25(7-5-17)15-8-16(19)23-10-14(15)3-2-13-9-24-26(11-13)18(20,21)22/h8-11,27H,4-7,12H2,1H3. The van der Waals surface area contributed by atoms with Gasteiger partial charge in [0.05, 0.1) is 23.0 Å². The number of hydrogen-bond donors (Lipinski definition) is 1. The van der Waals surface area contributed by atoms with Crippen molar-refractivity contribution < 1.29 is 18.3 Å². The minimum atomic E-state index is -4.57. The fourth-order valence-electron chi connectivity index (χ4n) is 2.89. The maximum atomic E-state index is 12.6. The Morgan fingerprint density at radius 3 is 2.56 bits per heavy atom. The molecule has 0 amide bonds. The molecule has 1 aliphatic heterocycles. The number of pyridine rings is 1. The van der Waals surface area contributed by atoms with Crippen molar-refractivity contribution in [2.75, 3.05) is 24.6 Å². The lowest BCUT2D eigenvalue weighted by Gasteiger charge is -2.39. The van der Waals surface area contributed by atoms with E-state index in [1.54, 1.807) is 6.07 Å². The molecule has 9 heteroatoms. The first-order valence-electron chi connectivity index (χ1n) is 8.35. The first kappa shape index (κ1) is 19.5. The Hall–Kier alpha value is -2.24. The Balaban J connectivity index is 1.85. The SMILES string of the molecule is CC1(CO)CCN(c2cc(Cl)ncc2C#Cc2cnn(C(F)(F)F)c2)CC1. The van der Waals surface area contributed by atoms with Crippen molar-refractivity contribution in [3.05, 3.63) is 40.9 Å². The highest BCUT2D eigenvalue weighted by Gasteiger charge is 2.31. The largest absolute Gasteiger partial charge is 0.504 e. The summed E-state index contributed by atoms with van der Waals surface area (Å²) in [5.74, 6) is 5.57. The molecule has 0 aromatic carbocycles. The summed E-state index contributed by atoms with van der Waals surface area (Å²) in [6, 6.07) is 1.70. The van der Waals surface area contributed by atoms with E-state index in [2.05, 4.69) is 26.8 Å². The van der Waals surface area contributed by atoms with E-state index in [1.807, 2.05) is 6.92 Å². The van der Waals surface area contributed by atoms with Gasteiger partial charge in [-0.3, -0.25) is 0 Å². The highest BCUT2D eigenvalue weighted by molar-refractivity contribution is 6.29. The summed E-state index contributed by atoms with van der Waals surface area (Å²) in [4.78, 5) is 6.14. The lowest BCUT2D eigenvalue weighted by molar-refractivity contribution is -0.212. The lowest BCUT2D eigenvalue weighted by atomic mass is 9.81. The molecule has 1 aliphatic rings. The Morgan fingerprint density at radius 1 is 1.26 bits per heavy atom. The number of aliphatic hydroxyl groups is 1. The molecular formula is C18H18ClF3N4O. The number of hydrogen-bond acceptors (Lipinski definition) is 4. The van der Waals surface area contributed by atoms with Crippen LogP contribution in [0.4, 0.5) is 18.9 Å². The summed E-state index contributed by atoms with van der Waals surface area (Å²) < 4.78 is 37.7. The van der Waals surface area contributed by atoms with E-state index in [9.17, 15) is 18.3 Å². The fourth-order valence-corrected chi connectivity index (χ4v) is 3.04. The average molecular weight is 399 g/mol. The molecule has 3 heterocycles. The van der Waals surface area contributed by atoms with Crippen LogP contribution in [0.15, 0.2) is 24.7 Å². The van der Waals surface area contributed by atoms with Gasteiger partial charge in [0.15, 0.2) is 0 Å². The van der Waals surface area contributed by atoms with Gasteiger partial charge in [-0.1, -0.05) is 30.4 Å². The Labute approximate surface area is 159 Å². The first-order chi connectivity index (χ1) is 12.7. The van der Waals surface area contributed by atoms with E-state index < -0.39 is 6.30 Å². The predicted octanol–water partition coefficient (Wildman–Crippen LogP) is 3.41. The van der Waals surface area contributed by atoms with Crippen LogP contribution in [-0.2, 0) is 6.30 Å². The molecule has 2 aromatic rings.